The summed E-state index contributed by atoms with van der Waals surface area (Å²) in [4.78, 5) is 2.29. The molecule has 2 heteroatoms. The molecule has 0 spiro atoms. The lowest BCUT2D eigenvalue weighted by atomic mass is 9.95. The van der Waals surface area contributed by atoms with Crippen molar-refractivity contribution in [3.63, 3.8) is 0 Å². The number of anilines is 3. The Morgan fingerprint density at radius 3 is 1.44 bits per heavy atom. The lowest BCUT2D eigenvalue weighted by Gasteiger charge is -2.25. The summed E-state index contributed by atoms with van der Waals surface area (Å²) in [7, 11) is 1.70. The largest absolute Gasteiger partial charge is 0.497 e. The molecule has 6 rings (SSSR count). The zero-order chi connectivity index (χ0) is 29.3. The van der Waals surface area contributed by atoms with E-state index in [-0.39, 0.29) is 0 Å². The molecule has 6 aromatic carbocycles. The predicted molar refractivity (Wildman–Crippen MR) is 183 cm³/mol. The van der Waals surface area contributed by atoms with Crippen LogP contribution in [0.25, 0.3) is 23.8 Å². The third-order valence-electron chi connectivity index (χ3n) is 7.38. The monoisotopic (exact) mass is 555 g/mol. The molecule has 0 aliphatic heterocycles. The number of para-hydroxylation sites is 1. The molecular formula is C41H33NO. The maximum atomic E-state index is 5.39. The van der Waals surface area contributed by atoms with E-state index in [1.807, 2.05) is 24.3 Å². The Hall–Kier alpha value is -5.60. The number of nitrogens with zero attached hydrogens (tertiary/aromatic N) is 1. The molecule has 0 aliphatic carbocycles. The van der Waals surface area contributed by atoms with Gasteiger partial charge in [-0.1, -0.05) is 127 Å². The summed E-state index contributed by atoms with van der Waals surface area (Å²) in [6.45, 7) is 0. The third kappa shape index (κ3) is 6.83. The Balaban J connectivity index is 1.32. The maximum Gasteiger partial charge on any atom is 0.118 e. The zero-order valence-electron chi connectivity index (χ0n) is 24.2. The molecule has 2 nitrogen and oxygen atoms in total. The second kappa shape index (κ2) is 13.4. The van der Waals surface area contributed by atoms with Gasteiger partial charge in [0.25, 0.3) is 0 Å². The minimum absolute atomic E-state index is 0.849. The number of benzene rings is 6. The summed E-state index contributed by atoms with van der Waals surface area (Å²) >= 11 is 0. The normalized spacial score (nSPS) is 11.4. The second-order valence-corrected chi connectivity index (χ2v) is 10.3. The molecule has 0 aromatic heterocycles. The Labute approximate surface area is 254 Å². The van der Waals surface area contributed by atoms with E-state index in [9.17, 15) is 0 Å². The van der Waals surface area contributed by atoms with Gasteiger partial charge in [0.1, 0.15) is 5.75 Å². The van der Waals surface area contributed by atoms with Crippen molar-refractivity contribution in [2.75, 3.05) is 12.0 Å². The van der Waals surface area contributed by atoms with Crippen molar-refractivity contribution in [1.29, 1.82) is 0 Å². The van der Waals surface area contributed by atoms with Crippen LogP contribution in [0.1, 0.15) is 27.8 Å². The Kier molecular flexibility index (Phi) is 8.57. The molecule has 0 radical (unpaired) electrons. The standard InChI is InChI=1S/C41H33NO/c1-43-40-29-23-36(24-30-40)41(35-13-7-3-8-14-35)31-34-21-27-39(28-22-34)42(37-15-9-4-10-16-37)38-25-19-33(20-26-38)18-17-32-11-5-2-6-12-32/h2-31H,1H3/b18-17+,41-31-. The van der Waals surface area contributed by atoms with Crippen molar-refractivity contribution in [3.8, 4) is 5.75 Å². The van der Waals surface area contributed by atoms with Gasteiger partial charge in [0, 0.05) is 17.1 Å². The van der Waals surface area contributed by atoms with Crippen LogP contribution >= 0.6 is 0 Å². The molecule has 0 unspecified atom stereocenters. The third-order valence-corrected chi connectivity index (χ3v) is 7.38. The molecular weight excluding hydrogens is 522 g/mol. The van der Waals surface area contributed by atoms with Crippen LogP contribution in [0.3, 0.4) is 0 Å². The van der Waals surface area contributed by atoms with Gasteiger partial charge in [-0.3, -0.25) is 0 Å². The quantitative estimate of drug-likeness (QED) is 0.165. The van der Waals surface area contributed by atoms with Crippen LogP contribution in [0, 0.1) is 0 Å². The smallest absolute Gasteiger partial charge is 0.118 e. The molecule has 0 atom stereocenters. The Morgan fingerprint density at radius 1 is 0.442 bits per heavy atom. The van der Waals surface area contributed by atoms with Gasteiger partial charge in [0.2, 0.25) is 0 Å². The SMILES string of the molecule is COc1ccc(/C(=C\c2ccc(N(c3ccccc3)c3ccc(/C=C/c4ccccc4)cc3)cc2)c2ccccc2)cc1. The first-order chi connectivity index (χ1) is 21.3. The summed E-state index contributed by atoms with van der Waals surface area (Å²) in [6, 6.07) is 57.1. The summed E-state index contributed by atoms with van der Waals surface area (Å²) in [5.41, 5.74) is 10.3. The topological polar surface area (TPSA) is 12.5 Å². The molecule has 0 N–H and O–H groups in total. The van der Waals surface area contributed by atoms with Crippen molar-refractivity contribution >= 4 is 40.9 Å². The van der Waals surface area contributed by atoms with E-state index in [0.29, 0.717) is 0 Å². The van der Waals surface area contributed by atoms with Crippen molar-refractivity contribution < 1.29 is 4.74 Å². The minimum atomic E-state index is 0.849. The van der Waals surface area contributed by atoms with E-state index >= 15 is 0 Å². The summed E-state index contributed by atoms with van der Waals surface area (Å²) < 4.78 is 5.39. The van der Waals surface area contributed by atoms with Gasteiger partial charge >= 0.3 is 0 Å². The lowest BCUT2D eigenvalue weighted by molar-refractivity contribution is 0.415. The van der Waals surface area contributed by atoms with Crippen LogP contribution < -0.4 is 9.64 Å². The Bertz CT molecular complexity index is 1790. The predicted octanol–water partition coefficient (Wildman–Crippen LogP) is 10.9. The van der Waals surface area contributed by atoms with E-state index in [0.717, 1.165) is 45.1 Å². The van der Waals surface area contributed by atoms with Crippen LogP contribution in [-0.2, 0) is 0 Å². The first-order valence-electron chi connectivity index (χ1n) is 14.5. The molecule has 0 saturated carbocycles. The van der Waals surface area contributed by atoms with E-state index in [1.54, 1.807) is 7.11 Å². The van der Waals surface area contributed by atoms with Gasteiger partial charge < -0.3 is 9.64 Å². The van der Waals surface area contributed by atoms with Crippen LogP contribution in [0.15, 0.2) is 164 Å². The van der Waals surface area contributed by atoms with Crippen molar-refractivity contribution in [2.45, 2.75) is 0 Å². The van der Waals surface area contributed by atoms with Gasteiger partial charge in [-0.25, -0.2) is 0 Å². The lowest BCUT2D eigenvalue weighted by Crippen LogP contribution is -2.09. The van der Waals surface area contributed by atoms with Crippen LogP contribution in [0.5, 0.6) is 5.75 Å². The molecule has 6 aromatic rings. The van der Waals surface area contributed by atoms with Gasteiger partial charge in [-0.2, -0.15) is 0 Å². The molecule has 0 fully saturated rings. The molecule has 0 saturated heterocycles. The van der Waals surface area contributed by atoms with Crippen LogP contribution in [0.2, 0.25) is 0 Å². The number of hydrogen-bond donors (Lipinski definition) is 0. The van der Waals surface area contributed by atoms with Crippen molar-refractivity contribution in [3.05, 3.63) is 192 Å². The first-order valence-corrected chi connectivity index (χ1v) is 14.5. The van der Waals surface area contributed by atoms with E-state index in [4.69, 9.17) is 4.74 Å². The molecule has 43 heavy (non-hydrogen) atoms. The minimum Gasteiger partial charge on any atom is -0.497 e. The molecule has 208 valence electrons. The van der Waals surface area contributed by atoms with Gasteiger partial charge in [-0.15, -0.1) is 0 Å². The second-order valence-electron chi connectivity index (χ2n) is 10.3. The highest BCUT2D eigenvalue weighted by Crippen LogP contribution is 2.35. The first kappa shape index (κ1) is 27.6. The van der Waals surface area contributed by atoms with Crippen molar-refractivity contribution in [1.82, 2.24) is 0 Å². The fourth-order valence-corrected chi connectivity index (χ4v) is 5.12. The number of ether oxygens (including phenoxy) is 1. The summed E-state index contributed by atoms with van der Waals surface area (Å²) in [5.74, 6) is 0.849. The highest BCUT2D eigenvalue weighted by Gasteiger charge is 2.12. The van der Waals surface area contributed by atoms with E-state index in [2.05, 4.69) is 163 Å². The zero-order valence-corrected chi connectivity index (χ0v) is 24.2. The van der Waals surface area contributed by atoms with Crippen LogP contribution in [0.4, 0.5) is 17.1 Å². The van der Waals surface area contributed by atoms with Gasteiger partial charge in [0.15, 0.2) is 0 Å². The van der Waals surface area contributed by atoms with Crippen molar-refractivity contribution in [2.24, 2.45) is 0 Å². The number of hydrogen-bond acceptors (Lipinski definition) is 2. The summed E-state index contributed by atoms with van der Waals surface area (Å²) in [6.07, 6.45) is 6.55. The van der Waals surface area contributed by atoms with E-state index in [1.165, 1.54) is 11.1 Å². The number of methoxy groups -OCH3 is 1. The number of rotatable bonds is 9. The highest BCUT2D eigenvalue weighted by atomic mass is 16.5. The Morgan fingerprint density at radius 2 is 0.884 bits per heavy atom. The maximum absolute atomic E-state index is 5.39. The molecule has 0 bridgehead atoms. The van der Waals surface area contributed by atoms with E-state index < -0.39 is 0 Å². The summed E-state index contributed by atoms with van der Waals surface area (Å²) in [5, 5.41) is 0. The fraction of sp³-hybridized carbons (Fsp3) is 0.0244. The molecule has 0 heterocycles. The average Bonchev–Trinajstić information content (AvgIpc) is 3.09. The van der Waals surface area contributed by atoms with Gasteiger partial charge in [0.05, 0.1) is 7.11 Å². The van der Waals surface area contributed by atoms with Gasteiger partial charge in [-0.05, 0) is 88.0 Å². The molecule has 0 aliphatic rings. The highest BCUT2D eigenvalue weighted by molar-refractivity contribution is 5.92. The van der Waals surface area contributed by atoms with Crippen LogP contribution in [-0.4, -0.2) is 7.11 Å². The molecule has 0 amide bonds. The fourth-order valence-electron chi connectivity index (χ4n) is 5.12. The average molecular weight is 556 g/mol.